The molecule has 7 nitrogen and oxygen atoms in total. The molecule has 1 fully saturated rings. The van der Waals surface area contributed by atoms with Crippen LogP contribution in [0, 0.1) is 0 Å². The second-order valence-electron chi connectivity index (χ2n) is 6.37. The molecule has 1 aliphatic rings. The van der Waals surface area contributed by atoms with Crippen molar-refractivity contribution >= 4 is 75.0 Å². The zero-order chi connectivity index (χ0) is 21.7. The summed E-state index contributed by atoms with van der Waals surface area (Å²) < 4.78 is 5.68. The fourth-order valence-corrected chi connectivity index (χ4v) is 5.05. The van der Waals surface area contributed by atoms with Gasteiger partial charge in [-0.05, 0) is 36.4 Å². The molecule has 1 saturated heterocycles. The third-order valence-corrected chi connectivity index (χ3v) is 7.10. The molecule has 1 aliphatic heterocycles. The number of anilines is 2. The van der Waals surface area contributed by atoms with Crippen LogP contribution in [0.1, 0.15) is 9.67 Å². The number of carbonyl (C=O) groups is 3. The smallest absolute Gasteiger partial charge is 0.283 e. The van der Waals surface area contributed by atoms with Gasteiger partial charge in [0.05, 0.1) is 15.8 Å². The van der Waals surface area contributed by atoms with Gasteiger partial charge in [0.25, 0.3) is 11.1 Å². The van der Waals surface area contributed by atoms with Gasteiger partial charge in [-0.2, -0.15) is 0 Å². The first-order valence-electron chi connectivity index (χ1n) is 9.04. The number of amides is 2. The van der Waals surface area contributed by atoms with Crippen molar-refractivity contribution in [2.75, 3.05) is 42.6 Å². The lowest BCUT2D eigenvalue weighted by molar-refractivity contribution is -0.125. The lowest BCUT2D eigenvalue weighted by Crippen LogP contribution is -2.41. The minimum Gasteiger partial charge on any atom is -0.370 e. The van der Waals surface area contributed by atoms with Gasteiger partial charge < -0.3 is 20.3 Å². The molecular formula is C19H20ClN3O4S3. The van der Waals surface area contributed by atoms with Gasteiger partial charge in [0.15, 0.2) is 0 Å². The number of thioether (sulfide) groups is 1. The molecular weight excluding hydrogens is 466 g/mol. The van der Waals surface area contributed by atoms with Gasteiger partial charge in [-0.3, -0.25) is 14.4 Å². The van der Waals surface area contributed by atoms with Crippen molar-refractivity contribution in [1.82, 2.24) is 0 Å². The van der Waals surface area contributed by atoms with Crippen molar-refractivity contribution in [3.05, 3.63) is 45.6 Å². The van der Waals surface area contributed by atoms with Crippen molar-refractivity contribution in [3.63, 3.8) is 0 Å². The highest BCUT2D eigenvalue weighted by atomic mass is 35.5. The number of thiophene rings is 1. The van der Waals surface area contributed by atoms with E-state index in [-0.39, 0.29) is 36.0 Å². The fraction of sp³-hybridized carbons (Fsp3) is 0.316. The average Bonchev–Trinajstić information content (AvgIpc) is 3.18. The molecule has 0 radical (unpaired) electrons. The molecule has 2 heterocycles. The number of rotatable bonds is 7. The van der Waals surface area contributed by atoms with Crippen LogP contribution in [0.2, 0.25) is 4.34 Å². The van der Waals surface area contributed by atoms with E-state index in [1.54, 1.807) is 41.3 Å². The van der Waals surface area contributed by atoms with Crippen molar-refractivity contribution in [2.45, 2.75) is 5.25 Å². The maximum absolute atomic E-state index is 12.5. The Kier molecular flexibility index (Phi) is 8.20. The lowest BCUT2D eigenvalue weighted by atomic mass is 10.2. The van der Waals surface area contributed by atoms with Crippen LogP contribution in [0.25, 0.3) is 0 Å². The van der Waals surface area contributed by atoms with Gasteiger partial charge >= 0.3 is 0 Å². The Morgan fingerprint density at radius 3 is 2.60 bits per heavy atom. The molecule has 1 aromatic heterocycles. The van der Waals surface area contributed by atoms with Gasteiger partial charge in [-0.25, -0.2) is 0 Å². The summed E-state index contributed by atoms with van der Waals surface area (Å²) in [5.41, 5.74) is 7.18. The van der Waals surface area contributed by atoms with Crippen LogP contribution in [0.3, 0.4) is 0 Å². The Labute approximate surface area is 192 Å². The lowest BCUT2D eigenvalue weighted by Gasteiger charge is -2.28. The minimum atomic E-state index is -0.462. The molecule has 30 heavy (non-hydrogen) atoms. The zero-order valence-corrected chi connectivity index (χ0v) is 19.1. The molecule has 0 spiro atoms. The summed E-state index contributed by atoms with van der Waals surface area (Å²) in [6.07, 6.45) is 0. The predicted molar refractivity (Wildman–Crippen MR) is 125 cm³/mol. The average molecular weight is 486 g/mol. The van der Waals surface area contributed by atoms with E-state index in [4.69, 9.17) is 22.1 Å². The van der Waals surface area contributed by atoms with E-state index in [1.165, 1.54) is 16.2 Å². The number of hydrogen-bond donors (Lipinski definition) is 2. The van der Waals surface area contributed by atoms with Gasteiger partial charge in [-0.15, -0.1) is 11.3 Å². The monoisotopic (exact) mass is 485 g/mol. The second kappa shape index (κ2) is 10.7. The van der Waals surface area contributed by atoms with E-state index < -0.39 is 5.24 Å². The Bertz CT molecular complexity index is 922. The van der Waals surface area contributed by atoms with Gasteiger partial charge in [0.2, 0.25) is 5.12 Å². The highest BCUT2D eigenvalue weighted by Crippen LogP contribution is 2.29. The van der Waals surface area contributed by atoms with Crippen molar-refractivity contribution in [2.24, 2.45) is 5.73 Å². The van der Waals surface area contributed by atoms with Crippen LogP contribution < -0.4 is 15.5 Å². The molecule has 2 amide bonds. The highest BCUT2D eigenvalue weighted by molar-refractivity contribution is 8.15. The van der Waals surface area contributed by atoms with Gasteiger partial charge in [0.1, 0.15) is 6.61 Å². The molecule has 1 atom stereocenters. The number of benzene rings is 1. The maximum atomic E-state index is 12.5. The molecule has 0 bridgehead atoms. The molecule has 160 valence electrons. The van der Waals surface area contributed by atoms with Gasteiger partial charge in [-0.1, -0.05) is 36.0 Å². The van der Waals surface area contributed by atoms with Gasteiger partial charge in [0, 0.05) is 36.3 Å². The summed E-state index contributed by atoms with van der Waals surface area (Å²) in [5.74, 6) is -0.108. The van der Waals surface area contributed by atoms with E-state index in [9.17, 15) is 14.4 Å². The molecule has 11 heteroatoms. The number of hydrogen-bond acceptors (Lipinski definition) is 7. The highest BCUT2D eigenvalue weighted by Gasteiger charge is 2.24. The molecule has 1 aromatic carbocycles. The predicted octanol–water partition coefficient (Wildman–Crippen LogP) is 3.52. The summed E-state index contributed by atoms with van der Waals surface area (Å²) in [5, 5.41) is -0.930. The van der Waals surface area contributed by atoms with Crippen LogP contribution in [0.4, 0.5) is 16.2 Å². The third kappa shape index (κ3) is 5.77. The molecule has 2 aromatic rings. The molecule has 0 saturated carbocycles. The van der Waals surface area contributed by atoms with Crippen molar-refractivity contribution in [1.29, 1.82) is 0 Å². The molecule has 0 aliphatic carbocycles. The maximum Gasteiger partial charge on any atom is 0.283 e. The Morgan fingerprint density at radius 2 is 2.03 bits per heavy atom. The number of ether oxygens (including phenoxy) is 1. The number of morpholine rings is 1. The molecule has 3 rings (SSSR count). The second-order valence-corrected chi connectivity index (χ2v) is 9.75. The molecule has 1 unspecified atom stereocenters. The van der Waals surface area contributed by atoms with Crippen LogP contribution in [0.5, 0.6) is 0 Å². The Morgan fingerprint density at radius 1 is 1.30 bits per heavy atom. The van der Waals surface area contributed by atoms with E-state index in [0.29, 0.717) is 28.1 Å². The summed E-state index contributed by atoms with van der Waals surface area (Å²) in [6.45, 7) is 1.43. The summed E-state index contributed by atoms with van der Waals surface area (Å²) >= 11 is 12.1. The first kappa shape index (κ1) is 23.1. The summed E-state index contributed by atoms with van der Waals surface area (Å²) in [6, 6.07) is 10.4. The van der Waals surface area contributed by atoms with E-state index in [2.05, 4.69) is 12.6 Å². The number of halogens is 1. The topological polar surface area (TPSA) is 92.9 Å². The third-order valence-electron chi connectivity index (χ3n) is 4.39. The van der Waals surface area contributed by atoms with E-state index in [0.717, 1.165) is 17.4 Å². The van der Waals surface area contributed by atoms with E-state index >= 15 is 0 Å². The van der Waals surface area contributed by atoms with Crippen molar-refractivity contribution < 1.29 is 19.1 Å². The fourth-order valence-electron chi connectivity index (χ4n) is 2.89. The first-order valence-corrected chi connectivity index (χ1v) is 11.6. The summed E-state index contributed by atoms with van der Waals surface area (Å²) in [4.78, 5) is 40.2. The van der Waals surface area contributed by atoms with Crippen LogP contribution >= 0.6 is 47.3 Å². The normalized spacial score (nSPS) is 15.2. The number of thiol groups is 1. The first-order chi connectivity index (χ1) is 14.4. The number of nitrogens with zero attached hydrogens (tertiary/aromatic N) is 2. The van der Waals surface area contributed by atoms with Crippen LogP contribution in [0.15, 0.2) is 36.4 Å². The zero-order valence-electron chi connectivity index (χ0n) is 15.8. The SMILES string of the molecule is NCC(CN(C(=O)S)c1ccc(N2CCOCC2=O)cc1)SC(=O)c1ccc(Cl)s1. The Balaban J connectivity index is 1.70. The van der Waals surface area contributed by atoms with Crippen LogP contribution in [-0.2, 0) is 9.53 Å². The quantitative estimate of drug-likeness (QED) is 0.583. The Hall–Kier alpha value is -1.56. The number of nitrogens with two attached hydrogens (primary N) is 1. The minimum absolute atomic E-state index is 0.0574. The molecule has 2 N–H and O–H groups in total. The van der Waals surface area contributed by atoms with Crippen LogP contribution in [-0.4, -0.2) is 54.4 Å². The largest absolute Gasteiger partial charge is 0.370 e. The van der Waals surface area contributed by atoms with Crippen molar-refractivity contribution in [3.8, 4) is 0 Å². The van der Waals surface area contributed by atoms with E-state index in [1.807, 2.05) is 0 Å². The standard InChI is InChI=1S/C19H20ClN3O4S3/c20-16-6-5-15(30-16)18(25)29-14(9-21)10-23(19(26)28)13-3-1-12(2-4-13)22-7-8-27-11-17(22)24/h1-6,14H,7-11,21H2,(H,26,28). The summed E-state index contributed by atoms with van der Waals surface area (Å²) in [7, 11) is 0. The number of carbonyl (C=O) groups excluding carboxylic acids is 3.